The molecule has 0 aliphatic carbocycles. The molecule has 4 nitrogen and oxygen atoms in total. The Morgan fingerprint density at radius 3 is 2.88 bits per heavy atom. The van der Waals surface area contributed by atoms with Crippen molar-refractivity contribution in [3.63, 3.8) is 0 Å². The van der Waals surface area contributed by atoms with E-state index in [1.807, 2.05) is 0 Å². The highest BCUT2D eigenvalue weighted by molar-refractivity contribution is 5.78. The number of aliphatic hydroxyl groups excluding tert-OH is 1. The maximum Gasteiger partial charge on any atom is 0.225 e. The summed E-state index contributed by atoms with van der Waals surface area (Å²) in [6.45, 7) is 5.75. The van der Waals surface area contributed by atoms with Crippen LogP contribution in [0.25, 0.3) is 0 Å². The Balaban J connectivity index is 2.18. The minimum atomic E-state index is -0.437. The third kappa shape index (κ3) is 4.94. The van der Waals surface area contributed by atoms with Gasteiger partial charge >= 0.3 is 0 Å². The van der Waals surface area contributed by atoms with Gasteiger partial charge in [-0.25, -0.2) is 0 Å². The summed E-state index contributed by atoms with van der Waals surface area (Å²) in [6.07, 6.45) is 2.13. The topological polar surface area (TPSA) is 58.6 Å². The van der Waals surface area contributed by atoms with Gasteiger partial charge < -0.3 is 15.2 Å². The zero-order valence-corrected chi connectivity index (χ0v) is 10.2. The van der Waals surface area contributed by atoms with E-state index in [1.165, 1.54) is 0 Å². The number of nitrogens with one attached hydrogen (secondary N) is 1. The summed E-state index contributed by atoms with van der Waals surface area (Å²) in [7, 11) is 0. The average molecular weight is 229 g/mol. The smallest absolute Gasteiger partial charge is 0.225 e. The molecule has 0 bridgehead atoms. The molecular weight excluding hydrogens is 206 g/mol. The Bertz CT molecular complexity index is 212. The Morgan fingerprint density at radius 1 is 1.56 bits per heavy atom. The summed E-state index contributed by atoms with van der Waals surface area (Å²) < 4.78 is 5.25. The molecule has 0 spiro atoms. The quantitative estimate of drug-likeness (QED) is 0.737. The summed E-state index contributed by atoms with van der Waals surface area (Å²) >= 11 is 0. The molecule has 1 saturated heterocycles. The van der Waals surface area contributed by atoms with E-state index in [2.05, 4.69) is 19.2 Å². The number of rotatable bonds is 5. The fourth-order valence-electron chi connectivity index (χ4n) is 1.94. The van der Waals surface area contributed by atoms with Gasteiger partial charge in [0.15, 0.2) is 0 Å². The molecule has 1 amide bonds. The molecule has 16 heavy (non-hydrogen) atoms. The van der Waals surface area contributed by atoms with Crippen LogP contribution in [0.4, 0.5) is 0 Å². The van der Waals surface area contributed by atoms with Gasteiger partial charge in [0.05, 0.1) is 18.6 Å². The molecule has 4 heteroatoms. The molecule has 0 aromatic carbocycles. The van der Waals surface area contributed by atoms with Crippen molar-refractivity contribution in [3.8, 4) is 0 Å². The Kier molecular flexibility index (Phi) is 5.77. The zero-order valence-electron chi connectivity index (χ0n) is 10.2. The van der Waals surface area contributed by atoms with Crippen molar-refractivity contribution < 1.29 is 14.6 Å². The normalized spacial score (nSPS) is 23.1. The van der Waals surface area contributed by atoms with Crippen molar-refractivity contribution in [3.05, 3.63) is 0 Å². The summed E-state index contributed by atoms with van der Waals surface area (Å²) in [5.74, 6) is 0.437. The van der Waals surface area contributed by atoms with E-state index in [0.29, 0.717) is 19.1 Å². The second-order valence-electron chi connectivity index (χ2n) is 4.94. The van der Waals surface area contributed by atoms with Crippen LogP contribution in [0.1, 0.15) is 33.1 Å². The molecule has 2 N–H and O–H groups in total. The maximum atomic E-state index is 11.7. The standard InChI is InChI=1S/C12H23NO3/c1-9(2)6-11(14)7-13-12(15)10-4-3-5-16-8-10/h9-11,14H,3-8H2,1-2H3,(H,13,15). The van der Waals surface area contributed by atoms with Crippen molar-refractivity contribution in [1.82, 2.24) is 5.32 Å². The van der Waals surface area contributed by atoms with Gasteiger partial charge in [0.2, 0.25) is 5.91 Å². The van der Waals surface area contributed by atoms with Crippen LogP contribution in [-0.2, 0) is 9.53 Å². The van der Waals surface area contributed by atoms with Crippen LogP contribution in [0.15, 0.2) is 0 Å². The van der Waals surface area contributed by atoms with Crippen LogP contribution in [0.2, 0.25) is 0 Å². The molecule has 2 unspecified atom stereocenters. The number of carbonyl (C=O) groups is 1. The van der Waals surface area contributed by atoms with Crippen molar-refractivity contribution >= 4 is 5.91 Å². The molecule has 1 rings (SSSR count). The van der Waals surface area contributed by atoms with Crippen LogP contribution >= 0.6 is 0 Å². The Hall–Kier alpha value is -0.610. The highest BCUT2D eigenvalue weighted by atomic mass is 16.5. The second-order valence-corrected chi connectivity index (χ2v) is 4.94. The molecule has 0 radical (unpaired) electrons. The highest BCUT2D eigenvalue weighted by Crippen LogP contribution is 2.13. The first-order chi connectivity index (χ1) is 7.59. The molecule has 1 heterocycles. The number of amides is 1. The molecular formula is C12H23NO3. The Morgan fingerprint density at radius 2 is 2.31 bits per heavy atom. The molecule has 94 valence electrons. The molecule has 2 atom stereocenters. The average Bonchev–Trinajstić information content (AvgIpc) is 2.26. The van der Waals surface area contributed by atoms with Gasteiger partial charge in [0.25, 0.3) is 0 Å². The summed E-state index contributed by atoms with van der Waals surface area (Å²) in [5.41, 5.74) is 0. The lowest BCUT2D eigenvalue weighted by atomic mass is 10.0. The van der Waals surface area contributed by atoms with E-state index in [-0.39, 0.29) is 11.8 Å². The van der Waals surface area contributed by atoms with Crippen LogP contribution in [0.3, 0.4) is 0 Å². The van der Waals surface area contributed by atoms with E-state index in [0.717, 1.165) is 25.9 Å². The van der Waals surface area contributed by atoms with Crippen LogP contribution in [0, 0.1) is 11.8 Å². The van der Waals surface area contributed by atoms with Crippen molar-refractivity contribution in [2.45, 2.75) is 39.2 Å². The Labute approximate surface area is 97.4 Å². The summed E-state index contributed by atoms with van der Waals surface area (Å²) in [6, 6.07) is 0. The number of hydrogen-bond acceptors (Lipinski definition) is 3. The number of carbonyl (C=O) groups excluding carboxylic acids is 1. The first-order valence-electron chi connectivity index (χ1n) is 6.13. The molecule has 1 fully saturated rings. The van der Waals surface area contributed by atoms with Gasteiger partial charge in [0, 0.05) is 13.2 Å². The van der Waals surface area contributed by atoms with Gasteiger partial charge in [0.1, 0.15) is 0 Å². The van der Waals surface area contributed by atoms with Gasteiger partial charge in [-0.05, 0) is 25.2 Å². The lowest BCUT2D eigenvalue weighted by Gasteiger charge is -2.22. The van der Waals surface area contributed by atoms with Gasteiger partial charge in [-0.2, -0.15) is 0 Å². The van der Waals surface area contributed by atoms with E-state index in [4.69, 9.17) is 4.74 Å². The van der Waals surface area contributed by atoms with Gasteiger partial charge in [-0.3, -0.25) is 4.79 Å². The van der Waals surface area contributed by atoms with Crippen molar-refractivity contribution in [2.75, 3.05) is 19.8 Å². The zero-order chi connectivity index (χ0) is 12.0. The molecule has 1 aliphatic heterocycles. The van der Waals surface area contributed by atoms with Gasteiger partial charge in [-0.15, -0.1) is 0 Å². The third-order valence-corrected chi connectivity index (χ3v) is 2.79. The second kappa shape index (κ2) is 6.86. The summed E-state index contributed by atoms with van der Waals surface area (Å²) in [5, 5.41) is 12.4. The number of ether oxygens (including phenoxy) is 1. The minimum Gasteiger partial charge on any atom is -0.391 e. The lowest BCUT2D eigenvalue weighted by Crippen LogP contribution is -2.39. The maximum absolute atomic E-state index is 11.7. The van der Waals surface area contributed by atoms with E-state index >= 15 is 0 Å². The van der Waals surface area contributed by atoms with Crippen molar-refractivity contribution in [1.29, 1.82) is 0 Å². The van der Waals surface area contributed by atoms with Crippen LogP contribution in [0.5, 0.6) is 0 Å². The number of aliphatic hydroxyl groups is 1. The first-order valence-corrected chi connectivity index (χ1v) is 6.13. The van der Waals surface area contributed by atoms with Gasteiger partial charge in [-0.1, -0.05) is 13.8 Å². The minimum absolute atomic E-state index is 0.0162. The molecule has 0 aromatic heterocycles. The SMILES string of the molecule is CC(C)CC(O)CNC(=O)C1CCCOC1. The first kappa shape index (κ1) is 13.5. The predicted molar refractivity (Wildman–Crippen MR) is 62.0 cm³/mol. The van der Waals surface area contributed by atoms with E-state index in [9.17, 15) is 9.90 Å². The summed E-state index contributed by atoms with van der Waals surface area (Å²) in [4.78, 5) is 11.7. The fraction of sp³-hybridized carbons (Fsp3) is 0.917. The van der Waals surface area contributed by atoms with E-state index < -0.39 is 6.10 Å². The van der Waals surface area contributed by atoms with Crippen molar-refractivity contribution in [2.24, 2.45) is 11.8 Å². The fourth-order valence-corrected chi connectivity index (χ4v) is 1.94. The predicted octanol–water partition coefficient (Wildman–Crippen LogP) is 0.936. The highest BCUT2D eigenvalue weighted by Gasteiger charge is 2.21. The van der Waals surface area contributed by atoms with Crippen LogP contribution < -0.4 is 5.32 Å². The third-order valence-electron chi connectivity index (χ3n) is 2.79. The van der Waals surface area contributed by atoms with E-state index in [1.54, 1.807) is 0 Å². The van der Waals surface area contributed by atoms with Crippen LogP contribution in [-0.4, -0.2) is 36.9 Å². The molecule has 0 aromatic rings. The monoisotopic (exact) mass is 229 g/mol. The largest absolute Gasteiger partial charge is 0.391 e. The molecule has 1 aliphatic rings. The molecule has 0 saturated carbocycles. The lowest BCUT2D eigenvalue weighted by molar-refractivity contribution is -0.129. The number of hydrogen-bond donors (Lipinski definition) is 2.